The molecule has 0 saturated heterocycles. The molecule has 0 aliphatic heterocycles. The van der Waals surface area contributed by atoms with E-state index in [1.54, 1.807) is 0 Å². The molecular formula is C17H27Cl. The van der Waals surface area contributed by atoms with Gasteiger partial charge in [-0.25, -0.2) is 0 Å². The van der Waals surface area contributed by atoms with Gasteiger partial charge >= 0.3 is 0 Å². The molecule has 0 amide bonds. The third-order valence-electron chi connectivity index (χ3n) is 4.14. The molecule has 0 saturated carbocycles. The molecule has 0 N–H and O–H groups in total. The maximum Gasteiger partial charge on any atom is 0.0610 e. The van der Waals surface area contributed by atoms with Gasteiger partial charge in [-0.2, -0.15) is 0 Å². The Balaban J connectivity index is 2.83. The second-order valence-corrected chi connectivity index (χ2v) is 6.50. The summed E-state index contributed by atoms with van der Waals surface area (Å²) in [4.78, 5) is 0. The molecule has 0 aliphatic carbocycles. The highest BCUT2D eigenvalue weighted by molar-refractivity contribution is 6.21. The van der Waals surface area contributed by atoms with Crippen LogP contribution >= 0.6 is 11.6 Å². The van der Waals surface area contributed by atoms with Crippen LogP contribution < -0.4 is 0 Å². The van der Waals surface area contributed by atoms with Gasteiger partial charge in [0.15, 0.2) is 0 Å². The van der Waals surface area contributed by atoms with Crippen LogP contribution in [-0.4, -0.2) is 0 Å². The van der Waals surface area contributed by atoms with Crippen LogP contribution in [0.15, 0.2) is 24.3 Å². The van der Waals surface area contributed by atoms with Crippen molar-refractivity contribution in [1.82, 2.24) is 0 Å². The maximum absolute atomic E-state index is 6.54. The van der Waals surface area contributed by atoms with E-state index in [0.29, 0.717) is 5.92 Å². The SMILES string of the molecule is CCCC(C)C(Cl)c1ccc(C(C)(C)CC)cc1. The Kier molecular flexibility index (Phi) is 5.72. The molecule has 0 bridgehead atoms. The average molecular weight is 267 g/mol. The van der Waals surface area contributed by atoms with Crippen molar-refractivity contribution in [1.29, 1.82) is 0 Å². The molecule has 1 aromatic carbocycles. The number of rotatable bonds is 6. The highest BCUT2D eigenvalue weighted by Gasteiger charge is 2.20. The monoisotopic (exact) mass is 266 g/mol. The molecule has 0 radical (unpaired) electrons. The van der Waals surface area contributed by atoms with Crippen LogP contribution in [0.25, 0.3) is 0 Å². The molecule has 2 unspecified atom stereocenters. The lowest BCUT2D eigenvalue weighted by molar-refractivity contribution is 0.500. The lowest BCUT2D eigenvalue weighted by Crippen LogP contribution is -2.15. The fourth-order valence-electron chi connectivity index (χ4n) is 2.25. The fraction of sp³-hybridized carbons (Fsp3) is 0.647. The first kappa shape index (κ1) is 15.6. The maximum atomic E-state index is 6.54. The van der Waals surface area contributed by atoms with Crippen LogP contribution in [-0.2, 0) is 5.41 Å². The van der Waals surface area contributed by atoms with Crippen LogP contribution in [0.5, 0.6) is 0 Å². The molecule has 0 aromatic heterocycles. The summed E-state index contributed by atoms with van der Waals surface area (Å²) in [5.74, 6) is 0.543. The van der Waals surface area contributed by atoms with Gasteiger partial charge in [0.25, 0.3) is 0 Å². The smallest absolute Gasteiger partial charge is 0.0610 e. The van der Waals surface area contributed by atoms with Crippen molar-refractivity contribution >= 4 is 11.6 Å². The van der Waals surface area contributed by atoms with Gasteiger partial charge in [-0.15, -0.1) is 11.6 Å². The summed E-state index contributed by atoms with van der Waals surface area (Å²) >= 11 is 6.54. The van der Waals surface area contributed by atoms with E-state index in [1.807, 2.05) is 0 Å². The molecule has 1 heteroatoms. The van der Waals surface area contributed by atoms with Crippen molar-refractivity contribution in [2.24, 2.45) is 5.92 Å². The van der Waals surface area contributed by atoms with E-state index in [2.05, 4.69) is 58.9 Å². The lowest BCUT2D eigenvalue weighted by atomic mass is 9.81. The fourth-order valence-corrected chi connectivity index (χ4v) is 2.52. The molecule has 0 aliphatic rings. The van der Waals surface area contributed by atoms with Crippen molar-refractivity contribution in [3.05, 3.63) is 35.4 Å². The molecule has 1 rings (SSSR count). The predicted octanol–water partition coefficient (Wildman–Crippen LogP) is 6.09. The summed E-state index contributed by atoms with van der Waals surface area (Å²) in [7, 11) is 0. The van der Waals surface area contributed by atoms with E-state index in [1.165, 1.54) is 24.0 Å². The first-order valence-electron chi connectivity index (χ1n) is 7.16. The molecule has 18 heavy (non-hydrogen) atoms. The average Bonchev–Trinajstić information content (AvgIpc) is 2.38. The predicted molar refractivity (Wildman–Crippen MR) is 82.4 cm³/mol. The lowest BCUT2D eigenvalue weighted by Gasteiger charge is -2.24. The first-order valence-corrected chi connectivity index (χ1v) is 7.60. The van der Waals surface area contributed by atoms with Gasteiger partial charge in [0.2, 0.25) is 0 Å². The van der Waals surface area contributed by atoms with E-state index in [-0.39, 0.29) is 10.8 Å². The van der Waals surface area contributed by atoms with Gasteiger partial charge in [0, 0.05) is 0 Å². The van der Waals surface area contributed by atoms with Crippen LogP contribution in [0.2, 0.25) is 0 Å². The third-order valence-corrected chi connectivity index (χ3v) is 4.82. The summed E-state index contributed by atoms with van der Waals surface area (Å²) in [6.45, 7) is 11.3. The van der Waals surface area contributed by atoms with E-state index in [0.717, 1.165) is 6.42 Å². The number of benzene rings is 1. The zero-order chi connectivity index (χ0) is 13.8. The van der Waals surface area contributed by atoms with E-state index >= 15 is 0 Å². The van der Waals surface area contributed by atoms with Gasteiger partial charge in [-0.05, 0) is 35.3 Å². The molecular weight excluding hydrogens is 240 g/mol. The summed E-state index contributed by atoms with van der Waals surface area (Å²) in [6.07, 6.45) is 3.55. The molecule has 0 heterocycles. The van der Waals surface area contributed by atoms with E-state index < -0.39 is 0 Å². The van der Waals surface area contributed by atoms with E-state index in [4.69, 9.17) is 11.6 Å². The minimum atomic E-state index is 0.142. The topological polar surface area (TPSA) is 0 Å². The van der Waals surface area contributed by atoms with Crippen LogP contribution in [0.3, 0.4) is 0 Å². The Labute approximate surface area is 118 Å². The highest BCUT2D eigenvalue weighted by Crippen LogP contribution is 2.33. The minimum Gasteiger partial charge on any atom is -0.118 e. The Morgan fingerprint density at radius 2 is 1.67 bits per heavy atom. The Morgan fingerprint density at radius 3 is 2.11 bits per heavy atom. The molecule has 0 spiro atoms. The summed E-state index contributed by atoms with van der Waals surface area (Å²) in [6, 6.07) is 8.90. The third kappa shape index (κ3) is 3.75. The van der Waals surface area contributed by atoms with Crippen molar-refractivity contribution in [2.45, 2.75) is 64.7 Å². The van der Waals surface area contributed by atoms with Crippen LogP contribution in [0.1, 0.15) is 70.4 Å². The zero-order valence-electron chi connectivity index (χ0n) is 12.5. The van der Waals surface area contributed by atoms with Crippen molar-refractivity contribution in [3.63, 3.8) is 0 Å². The van der Waals surface area contributed by atoms with E-state index in [9.17, 15) is 0 Å². The van der Waals surface area contributed by atoms with Gasteiger partial charge in [-0.1, -0.05) is 65.3 Å². The number of hydrogen-bond donors (Lipinski definition) is 0. The second kappa shape index (κ2) is 6.61. The highest BCUT2D eigenvalue weighted by atomic mass is 35.5. The van der Waals surface area contributed by atoms with Crippen LogP contribution in [0.4, 0.5) is 0 Å². The molecule has 0 fully saturated rings. The Bertz CT molecular complexity index is 350. The van der Waals surface area contributed by atoms with Gasteiger partial charge in [-0.3, -0.25) is 0 Å². The largest absolute Gasteiger partial charge is 0.118 e. The number of alkyl halides is 1. The molecule has 0 nitrogen and oxygen atoms in total. The minimum absolute atomic E-state index is 0.142. The quantitative estimate of drug-likeness (QED) is 0.547. The summed E-state index contributed by atoms with van der Waals surface area (Å²) in [5, 5.41) is 0.142. The van der Waals surface area contributed by atoms with Gasteiger partial charge < -0.3 is 0 Å². The molecule has 102 valence electrons. The van der Waals surface area contributed by atoms with Crippen molar-refractivity contribution in [3.8, 4) is 0 Å². The van der Waals surface area contributed by atoms with Gasteiger partial charge in [0.05, 0.1) is 5.38 Å². The normalized spacial score (nSPS) is 15.4. The summed E-state index contributed by atoms with van der Waals surface area (Å²) < 4.78 is 0. The Hall–Kier alpha value is -0.490. The number of hydrogen-bond acceptors (Lipinski definition) is 0. The van der Waals surface area contributed by atoms with Crippen LogP contribution in [0, 0.1) is 5.92 Å². The first-order chi connectivity index (χ1) is 8.42. The number of halogens is 1. The van der Waals surface area contributed by atoms with Crippen molar-refractivity contribution in [2.75, 3.05) is 0 Å². The zero-order valence-corrected chi connectivity index (χ0v) is 13.2. The molecule has 1 aromatic rings. The molecule has 2 atom stereocenters. The Morgan fingerprint density at radius 1 is 1.11 bits per heavy atom. The standard InChI is InChI=1S/C17H27Cl/c1-6-8-13(3)16(18)14-9-11-15(12-10-14)17(4,5)7-2/h9-13,16H,6-8H2,1-5H3. The summed E-state index contributed by atoms with van der Waals surface area (Å²) in [5.41, 5.74) is 2.92. The second-order valence-electron chi connectivity index (χ2n) is 6.03. The van der Waals surface area contributed by atoms with Crippen molar-refractivity contribution < 1.29 is 0 Å². The van der Waals surface area contributed by atoms with Gasteiger partial charge in [0.1, 0.15) is 0 Å².